The number of amides is 4. The predicted octanol–water partition coefficient (Wildman–Crippen LogP) is 9.32. The van der Waals surface area contributed by atoms with E-state index >= 15 is 0 Å². The highest BCUT2D eigenvalue weighted by atomic mass is 19.1. The lowest BCUT2D eigenvalue weighted by Crippen LogP contribution is -2.43. The van der Waals surface area contributed by atoms with Gasteiger partial charge in [0, 0.05) is 18.1 Å². The van der Waals surface area contributed by atoms with Gasteiger partial charge in [-0.15, -0.1) is 0 Å². The smallest absolute Gasteiger partial charge is 0.425 e. The molecule has 4 aromatic rings. The summed E-state index contributed by atoms with van der Waals surface area (Å²) in [6, 6.07) is 19.4. The Bertz CT molecular complexity index is 2480. The molecule has 68 heavy (non-hydrogen) atoms. The van der Waals surface area contributed by atoms with Crippen LogP contribution in [0.3, 0.4) is 0 Å². The third kappa shape index (κ3) is 12.7. The summed E-state index contributed by atoms with van der Waals surface area (Å²) in [5.74, 6) is -1.49. The molecule has 2 aromatic heterocycles. The molecule has 6 rings (SSSR count). The van der Waals surface area contributed by atoms with Crippen molar-refractivity contribution >= 4 is 47.6 Å². The lowest BCUT2D eigenvalue weighted by atomic mass is 9.99. The van der Waals surface area contributed by atoms with E-state index in [1.165, 1.54) is 15.4 Å². The van der Waals surface area contributed by atoms with Crippen molar-refractivity contribution in [3.05, 3.63) is 94.8 Å². The molecule has 4 atom stereocenters. The largest absolute Gasteiger partial charge is 0.464 e. The van der Waals surface area contributed by atoms with Gasteiger partial charge in [-0.25, -0.2) is 37.3 Å². The lowest BCUT2D eigenvalue weighted by molar-refractivity contribution is -0.121. The highest BCUT2D eigenvalue weighted by molar-refractivity contribution is 6.09. The van der Waals surface area contributed by atoms with Crippen molar-refractivity contribution in [2.75, 3.05) is 23.0 Å². The zero-order valence-electron chi connectivity index (χ0n) is 40.4. The molecule has 2 fully saturated rings. The summed E-state index contributed by atoms with van der Waals surface area (Å²) in [4.78, 5) is 76.5. The van der Waals surface area contributed by atoms with Gasteiger partial charge in [-0.1, -0.05) is 60.7 Å². The van der Waals surface area contributed by atoms with Crippen LogP contribution in [0.15, 0.2) is 66.7 Å². The van der Waals surface area contributed by atoms with Gasteiger partial charge in [0.05, 0.1) is 16.8 Å². The standard InChI is InChI=1S/2C24H30FN3O6/c1-23(2,3)28-18(12-16(26-28)20-19(25)17(29)14-32-20)27(22(31)34-24(4,5)6)21(30)33-13-15-10-8-7-9-11-15;1-23(2,3)28-20(27(21(30)31)22(32)34-24(4,5)6)15(12-14-10-8-7-9-11-14)18(26-28)19-17(25)16(29)13-33-19/h7-12,19-20H,13-14H2,1-6H3;7-11,17,19H,12-13H2,1-6H3,(H,30,31)/t19-,20+;17-,19-/m00/s1. The van der Waals surface area contributed by atoms with Gasteiger partial charge in [0.1, 0.15) is 54.7 Å². The van der Waals surface area contributed by atoms with E-state index in [9.17, 15) is 42.7 Å². The van der Waals surface area contributed by atoms with E-state index < -0.39 is 89.4 Å². The van der Waals surface area contributed by atoms with Crippen molar-refractivity contribution in [3.63, 3.8) is 0 Å². The maximum Gasteiger partial charge on any atom is 0.425 e. The summed E-state index contributed by atoms with van der Waals surface area (Å²) in [6.45, 7) is 19.7. The minimum Gasteiger partial charge on any atom is -0.464 e. The fourth-order valence-electron chi connectivity index (χ4n) is 6.91. The molecule has 18 nitrogen and oxygen atoms in total. The third-order valence-electron chi connectivity index (χ3n) is 9.88. The van der Waals surface area contributed by atoms with Crippen LogP contribution >= 0.6 is 0 Å². The van der Waals surface area contributed by atoms with Gasteiger partial charge in [-0.3, -0.25) is 9.59 Å². The highest BCUT2D eigenvalue weighted by Crippen LogP contribution is 2.40. The number of carboxylic acid groups (broad SMARTS) is 1. The number of alkyl halides is 2. The number of anilines is 2. The number of carbonyl (C=O) groups is 6. The van der Waals surface area contributed by atoms with E-state index in [1.54, 1.807) is 119 Å². The van der Waals surface area contributed by atoms with Crippen LogP contribution in [0, 0.1) is 0 Å². The van der Waals surface area contributed by atoms with Gasteiger partial charge in [0.2, 0.25) is 0 Å². The quantitative estimate of drug-likeness (QED) is 0.163. The Morgan fingerprint density at radius 3 is 1.59 bits per heavy atom. The van der Waals surface area contributed by atoms with E-state index in [-0.39, 0.29) is 48.2 Å². The fraction of sp³-hybridized carbons (Fsp3) is 0.500. The molecule has 4 amide bonds. The summed E-state index contributed by atoms with van der Waals surface area (Å²) in [5.41, 5.74) is -1.52. The second-order valence-corrected chi connectivity index (χ2v) is 20.1. The van der Waals surface area contributed by atoms with Gasteiger partial charge >= 0.3 is 24.4 Å². The number of ether oxygens (including phenoxy) is 5. The van der Waals surface area contributed by atoms with Crippen LogP contribution in [0.2, 0.25) is 0 Å². The molecule has 0 saturated carbocycles. The zero-order valence-corrected chi connectivity index (χ0v) is 40.4. The first-order chi connectivity index (χ1) is 31.5. The maximum absolute atomic E-state index is 14.8. The van der Waals surface area contributed by atoms with E-state index in [0.29, 0.717) is 4.90 Å². The van der Waals surface area contributed by atoms with Gasteiger partial charge in [0.15, 0.2) is 29.7 Å². The second-order valence-electron chi connectivity index (χ2n) is 20.1. The molecule has 2 saturated heterocycles. The minimum absolute atomic E-state index is 0.00459. The van der Waals surface area contributed by atoms with Crippen molar-refractivity contribution in [2.45, 2.75) is 143 Å². The van der Waals surface area contributed by atoms with Crippen LogP contribution in [0.25, 0.3) is 0 Å². The molecule has 0 bridgehead atoms. The second kappa shape index (κ2) is 20.4. The number of hydrogen-bond acceptors (Lipinski definition) is 13. The summed E-state index contributed by atoms with van der Waals surface area (Å²) >= 11 is 0. The monoisotopic (exact) mass is 950 g/mol. The first-order valence-corrected chi connectivity index (χ1v) is 21.8. The molecule has 0 aliphatic carbocycles. The van der Waals surface area contributed by atoms with Gasteiger partial charge in [-0.05, 0) is 94.2 Å². The first-order valence-electron chi connectivity index (χ1n) is 21.8. The van der Waals surface area contributed by atoms with Crippen LogP contribution < -0.4 is 9.80 Å². The summed E-state index contributed by atoms with van der Waals surface area (Å²) < 4.78 is 58.9. The molecule has 0 spiro atoms. The van der Waals surface area contributed by atoms with Crippen LogP contribution in [-0.4, -0.2) is 97.4 Å². The number of ketones is 2. The van der Waals surface area contributed by atoms with Crippen molar-refractivity contribution in [1.29, 1.82) is 0 Å². The van der Waals surface area contributed by atoms with Crippen molar-refractivity contribution in [1.82, 2.24) is 19.6 Å². The molecule has 4 heterocycles. The van der Waals surface area contributed by atoms with Crippen molar-refractivity contribution in [3.8, 4) is 0 Å². The Hall–Kier alpha value is -6.54. The number of Topliss-reactive ketones (excluding diaryl/α,β-unsaturated/α-hetero) is 2. The molecule has 2 aliphatic heterocycles. The van der Waals surface area contributed by atoms with E-state index in [4.69, 9.17) is 23.7 Å². The molecule has 0 unspecified atom stereocenters. The molecular formula is C48H60F2N6O12. The van der Waals surface area contributed by atoms with Gasteiger partial charge in [0.25, 0.3) is 0 Å². The number of hydrogen-bond donors (Lipinski definition) is 1. The number of nitrogens with zero attached hydrogens (tertiary/aromatic N) is 6. The van der Waals surface area contributed by atoms with Crippen molar-refractivity contribution in [2.24, 2.45) is 0 Å². The molecule has 2 aliphatic rings. The third-order valence-corrected chi connectivity index (χ3v) is 9.88. The highest BCUT2D eigenvalue weighted by Gasteiger charge is 2.45. The van der Waals surface area contributed by atoms with Crippen LogP contribution in [0.4, 0.5) is 39.6 Å². The Morgan fingerprint density at radius 1 is 0.676 bits per heavy atom. The summed E-state index contributed by atoms with van der Waals surface area (Å²) in [6.07, 6.45) is -11.0. The predicted molar refractivity (Wildman–Crippen MR) is 243 cm³/mol. The normalized spacial score (nSPS) is 18.7. The maximum atomic E-state index is 14.8. The SMILES string of the molecule is CC(C)(C)OC(=O)N(C(=O)O)c1c(Cc2ccccc2)c([C@H]2OCC(=O)[C@@H]2F)nn1C(C)(C)C.CC(C)(C)OC(=O)N(C(=O)OCc1ccccc1)c1cc([C@H]2OCC(=O)[C@@H]2F)nn1C(C)(C)C. The number of aromatic nitrogens is 4. The molecule has 2 aromatic carbocycles. The Balaban J connectivity index is 0.000000254. The van der Waals surface area contributed by atoms with E-state index in [2.05, 4.69) is 10.2 Å². The molecule has 20 heteroatoms. The molecular weight excluding hydrogens is 891 g/mol. The lowest BCUT2D eigenvalue weighted by Gasteiger charge is -2.29. The van der Waals surface area contributed by atoms with Gasteiger partial charge in [-0.2, -0.15) is 20.0 Å². The number of carbonyl (C=O) groups excluding carboxylic acids is 5. The average Bonchev–Trinajstić information content (AvgIpc) is 3.99. The molecule has 1 N–H and O–H groups in total. The molecule has 368 valence electrons. The molecule has 0 radical (unpaired) electrons. The first kappa shape index (κ1) is 52.4. The van der Waals surface area contributed by atoms with E-state index in [0.717, 1.165) is 16.0 Å². The van der Waals surface area contributed by atoms with Gasteiger partial charge < -0.3 is 28.8 Å². The number of rotatable bonds is 8. The topological polar surface area (TPSA) is 211 Å². The van der Waals surface area contributed by atoms with Crippen LogP contribution in [0.5, 0.6) is 0 Å². The minimum atomic E-state index is -1.95. The Labute approximate surface area is 393 Å². The van der Waals surface area contributed by atoms with Crippen LogP contribution in [0.1, 0.15) is 123 Å². The Kier molecular flexibility index (Phi) is 15.7. The number of benzene rings is 2. The van der Waals surface area contributed by atoms with Crippen molar-refractivity contribution < 1.29 is 66.3 Å². The van der Waals surface area contributed by atoms with E-state index in [1.807, 2.05) is 24.3 Å². The van der Waals surface area contributed by atoms with Crippen LogP contribution in [-0.2, 0) is 57.4 Å². The Morgan fingerprint density at radius 2 is 1.15 bits per heavy atom. The zero-order chi connectivity index (χ0) is 50.7. The fourth-order valence-corrected chi connectivity index (χ4v) is 6.91. The number of halogens is 2. The average molecular weight is 951 g/mol. The summed E-state index contributed by atoms with van der Waals surface area (Å²) in [7, 11) is 0. The summed E-state index contributed by atoms with van der Waals surface area (Å²) in [5, 5.41) is 19.0. The number of imide groups is 2.